The number of carbonyl (C=O) groups is 1. The first-order valence-corrected chi connectivity index (χ1v) is 9.45. The molecule has 0 unspecified atom stereocenters. The lowest BCUT2D eigenvalue weighted by Gasteiger charge is -2.10. The van der Waals surface area contributed by atoms with Crippen LogP contribution in [0, 0.1) is 0 Å². The molecule has 0 atom stereocenters. The fourth-order valence-corrected chi connectivity index (χ4v) is 3.72. The van der Waals surface area contributed by atoms with Crippen LogP contribution in [-0.4, -0.2) is 15.9 Å². The molecule has 0 aliphatic carbocycles. The summed E-state index contributed by atoms with van der Waals surface area (Å²) in [5.41, 5.74) is 1.28. The lowest BCUT2D eigenvalue weighted by molar-refractivity contribution is 0.105. The summed E-state index contributed by atoms with van der Waals surface area (Å²) in [7, 11) is 0. The molecule has 1 N–H and O–H groups in total. The number of hydrogen-bond acceptors (Lipinski definition) is 5. The van der Waals surface area contributed by atoms with Crippen LogP contribution in [0.5, 0.6) is 0 Å². The van der Waals surface area contributed by atoms with E-state index < -0.39 is 5.78 Å². The number of fused-ring (bicyclic) bond motifs is 1. The Morgan fingerprint density at radius 2 is 1.36 bits per heavy atom. The van der Waals surface area contributed by atoms with Gasteiger partial charge < -0.3 is 5.11 Å². The molecule has 0 saturated carbocycles. The van der Waals surface area contributed by atoms with Crippen LogP contribution in [0.1, 0.15) is 21.6 Å². The van der Waals surface area contributed by atoms with E-state index in [1.54, 1.807) is 66.7 Å². The summed E-state index contributed by atoms with van der Waals surface area (Å²) in [5.74, 6) is -0.712. The second kappa shape index (κ2) is 7.58. The molecular formula is C23H15NO3S. The molecule has 1 heterocycles. The van der Waals surface area contributed by atoms with Gasteiger partial charge in [0.1, 0.15) is 11.5 Å². The van der Waals surface area contributed by atoms with Crippen LogP contribution in [0.2, 0.25) is 0 Å². The summed E-state index contributed by atoms with van der Waals surface area (Å²) in [6.45, 7) is 0. The van der Waals surface area contributed by atoms with E-state index in [2.05, 4.69) is 4.98 Å². The maximum absolute atomic E-state index is 13.3. The van der Waals surface area contributed by atoms with Gasteiger partial charge >= 0.3 is 0 Å². The molecule has 4 aromatic rings. The molecule has 5 heteroatoms. The van der Waals surface area contributed by atoms with E-state index in [1.165, 1.54) is 0 Å². The molecule has 136 valence electrons. The van der Waals surface area contributed by atoms with Crippen molar-refractivity contribution < 1.29 is 9.90 Å². The minimum absolute atomic E-state index is 0.0427. The van der Waals surface area contributed by atoms with E-state index in [-0.39, 0.29) is 21.8 Å². The number of benzene rings is 3. The third-order valence-corrected chi connectivity index (χ3v) is 5.22. The van der Waals surface area contributed by atoms with Gasteiger partial charge in [-0.25, -0.2) is 4.98 Å². The Morgan fingerprint density at radius 3 is 2.04 bits per heavy atom. The van der Waals surface area contributed by atoms with Crippen LogP contribution in [0.4, 0.5) is 0 Å². The Bertz CT molecular complexity index is 1250. The van der Waals surface area contributed by atoms with E-state index in [9.17, 15) is 14.7 Å². The first kappa shape index (κ1) is 17.8. The summed E-state index contributed by atoms with van der Waals surface area (Å²) in [6, 6.07) is 24.5. The number of ketones is 1. The Balaban J connectivity index is 2.00. The van der Waals surface area contributed by atoms with E-state index >= 15 is 0 Å². The highest BCUT2D eigenvalue weighted by molar-refractivity contribution is 7.16. The van der Waals surface area contributed by atoms with Crippen molar-refractivity contribution in [1.29, 1.82) is 0 Å². The average Bonchev–Trinajstić information content (AvgIpc) is 2.75. The molecule has 0 fully saturated rings. The first-order valence-electron chi connectivity index (χ1n) is 8.64. The Morgan fingerprint density at radius 1 is 0.786 bits per heavy atom. The Labute approximate surface area is 165 Å². The first-order chi connectivity index (χ1) is 13.6. The van der Waals surface area contributed by atoms with Gasteiger partial charge in [0, 0.05) is 11.1 Å². The summed E-state index contributed by atoms with van der Waals surface area (Å²) in [6.07, 6.45) is 0. The van der Waals surface area contributed by atoms with Gasteiger partial charge in [-0.2, -0.15) is 0 Å². The minimum Gasteiger partial charge on any atom is -0.506 e. The molecule has 0 bridgehead atoms. The molecule has 0 radical (unpaired) electrons. The van der Waals surface area contributed by atoms with Crippen molar-refractivity contribution in [2.75, 3.05) is 0 Å². The van der Waals surface area contributed by atoms with Gasteiger partial charge in [0.15, 0.2) is 5.78 Å². The number of aromatic nitrogens is 1. The zero-order chi connectivity index (χ0) is 19.5. The second-order valence-corrected chi connectivity index (χ2v) is 7.12. The standard InChI is InChI=1S/C23H15NO3S/c25-21(15-9-3-1-4-10-15)19(22(26)16-11-5-2-6-12-16)20-23(27)28-18-14-8-7-13-17(18)24-20/h1-14,25H. The molecular weight excluding hydrogens is 370 g/mol. The van der Waals surface area contributed by atoms with Gasteiger partial charge in [0.25, 0.3) is 4.74 Å². The van der Waals surface area contributed by atoms with Crippen LogP contribution in [0.15, 0.2) is 89.7 Å². The van der Waals surface area contributed by atoms with Crippen LogP contribution in [0.3, 0.4) is 0 Å². The third-order valence-electron chi connectivity index (χ3n) is 4.28. The van der Waals surface area contributed by atoms with Crippen LogP contribution in [0.25, 0.3) is 21.5 Å². The minimum atomic E-state index is -0.450. The topological polar surface area (TPSA) is 67.3 Å². The number of Topliss-reactive ketones (excluding diaryl/α,β-unsaturated/α-hetero) is 1. The van der Waals surface area contributed by atoms with Crippen molar-refractivity contribution in [2.45, 2.75) is 0 Å². The highest BCUT2D eigenvalue weighted by atomic mass is 32.1. The fraction of sp³-hybridized carbons (Fsp3) is 0. The van der Waals surface area contributed by atoms with E-state index in [1.807, 2.05) is 18.2 Å². The molecule has 0 saturated heterocycles. The number of nitrogens with zero attached hydrogens (tertiary/aromatic N) is 1. The van der Waals surface area contributed by atoms with Crippen molar-refractivity contribution in [3.05, 3.63) is 111 Å². The number of allylic oxidation sites excluding steroid dienone is 1. The van der Waals surface area contributed by atoms with Gasteiger partial charge in [-0.3, -0.25) is 9.59 Å². The highest BCUT2D eigenvalue weighted by Gasteiger charge is 2.24. The number of aliphatic hydroxyl groups is 1. The van der Waals surface area contributed by atoms with Gasteiger partial charge in [-0.05, 0) is 12.1 Å². The third kappa shape index (κ3) is 3.35. The largest absolute Gasteiger partial charge is 0.506 e. The smallest absolute Gasteiger partial charge is 0.259 e. The predicted octanol–water partition coefficient (Wildman–Crippen LogP) is 4.97. The van der Waals surface area contributed by atoms with Crippen LogP contribution in [-0.2, 0) is 0 Å². The van der Waals surface area contributed by atoms with E-state index in [4.69, 9.17) is 0 Å². The maximum Gasteiger partial charge on any atom is 0.259 e. The summed E-state index contributed by atoms with van der Waals surface area (Å²) >= 11 is 1.01. The molecule has 3 aromatic carbocycles. The van der Waals surface area contributed by atoms with Gasteiger partial charge in [-0.15, -0.1) is 0 Å². The zero-order valence-corrected chi connectivity index (χ0v) is 15.5. The lowest BCUT2D eigenvalue weighted by atomic mass is 9.97. The van der Waals surface area contributed by atoms with Crippen LogP contribution >= 0.6 is 11.3 Å². The Kier molecular flexibility index (Phi) is 4.83. The summed E-state index contributed by atoms with van der Waals surface area (Å²) in [4.78, 5) is 30.5. The van der Waals surface area contributed by atoms with Gasteiger partial charge in [0.05, 0.1) is 15.8 Å². The SMILES string of the molecule is O=C(C(=C(O)c1ccccc1)c1nc2ccccc2sc1=O)c1ccccc1. The van der Waals surface area contributed by atoms with Crippen molar-refractivity contribution in [3.63, 3.8) is 0 Å². The van der Waals surface area contributed by atoms with Crippen LogP contribution < -0.4 is 4.74 Å². The summed E-state index contributed by atoms with van der Waals surface area (Å²) in [5, 5.41) is 10.9. The van der Waals surface area contributed by atoms with Crippen molar-refractivity contribution >= 4 is 38.7 Å². The highest BCUT2D eigenvalue weighted by Crippen LogP contribution is 2.27. The number of aliphatic hydroxyl groups excluding tert-OH is 1. The molecule has 4 nitrogen and oxygen atoms in total. The van der Waals surface area contributed by atoms with Crippen molar-refractivity contribution in [1.82, 2.24) is 4.98 Å². The lowest BCUT2D eigenvalue weighted by Crippen LogP contribution is -2.15. The van der Waals surface area contributed by atoms with Crippen molar-refractivity contribution in [2.24, 2.45) is 0 Å². The maximum atomic E-state index is 13.3. The van der Waals surface area contributed by atoms with E-state index in [0.717, 1.165) is 16.0 Å². The fourth-order valence-electron chi connectivity index (χ4n) is 2.91. The van der Waals surface area contributed by atoms with Crippen molar-refractivity contribution in [3.8, 4) is 0 Å². The molecule has 0 spiro atoms. The number of para-hydroxylation sites is 1. The zero-order valence-electron chi connectivity index (χ0n) is 14.7. The predicted molar refractivity (Wildman–Crippen MR) is 113 cm³/mol. The van der Waals surface area contributed by atoms with E-state index in [0.29, 0.717) is 16.6 Å². The quantitative estimate of drug-likeness (QED) is 0.306. The molecule has 4 rings (SSSR count). The second-order valence-electron chi connectivity index (χ2n) is 6.10. The molecule has 28 heavy (non-hydrogen) atoms. The Hall–Kier alpha value is -3.57. The summed E-state index contributed by atoms with van der Waals surface area (Å²) < 4.78 is 0.349. The van der Waals surface area contributed by atoms with Gasteiger partial charge in [0.2, 0.25) is 0 Å². The number of hydrogen-bond donors (Lipinski definition) is 1. The number of rotatable bonds is 4. The number of carbonyl (C=O) groups excluding carboxylic acids is 1. The molecule has 1 aromatic heterocycles. The molecule has 0 aliphatic rings. The normalized spacial score (nSPS) is 11.9. The average molecular weight is 385 g/mol. The molecule has 0 aliphatic heterocycles. The monoisotopic (exact) mass is 385 g/mol. The van der Waals surface area contributed by atoms with Gasteiger partial charge in [-0.1, -0.05) is 84.1 Å². The molecule has 0 amide bonds.